The third-order valence-corrected chi connectivity index (χ3v) is 6.45. The van der Waals surface area contributed by atoms with E-state index in [1.54, 1.807) is 42.6 Å². The quantitative estimate of drug-likeness (QED) is 0.403. The van der Waals surface area contributed by atoms with Gasteiger partial charge in [0.05, 0.1) is 22.5 Å². The zero-order chi connectivity index (χ0) is 21.8. The Hall–Kier alpha value is -3.57. The van der Waals surface area contributed by atoms with Crippen LogP contribution in [0.1, 0.15) is 17.3 Å². The first-order valence-electron chi connectivity index (χ1n) is 9.18. The number of benzene rings is 1. The van der Waals surface area contributed by atoms with Crippen molar-refractivity contribution in [3.63, 3.8) is 0 Å². The maximum Gasteiger partial charge on any atom is 0.339 e. The Morgan fingerprint density at radius 1 is 1.10 bits per heavy atom. The maximum atomic E-state index is 12.6. The molecule has 0 amide bonds. The molecule has 0 fully saturated rings. The monoisotopic (exact) mass is 455 g/mol. The van der Waals surface area contributed by atoms with Gasteiger partial charge in [0.25, 0.3) is 10.0 Å². The molecule has 1 aromatic carbocycles. The number of carbonyl (C=O) groups is 1. The molecule has 0 aliphatic heterocycles. The first kappa shape index (κ1) is 20.7. The lowest BCUT2D eigenvalue weighted by Crippen LogP contribution is -2.13. The highest BCUT2D eigenvalue weighted by Gasteiger charge is 2.19. The highest BCUT2D eigenvalue weighted by Crippen LogP contribution is 2.31. The van der Waals surface area contributed by atoms with E-state index in [1.165, 1.54) is 36.0 Å². The molecule has 3 aromatic heterocycles. The summed E-state index contributed by atoms with van der Waals surface area (Å²) in [5.74, 6) is 0.210. The molecule has 4 rings (SSSR count). The van der Waals surface area contributed by atoms with E-state index in [1.807, 2.05) is 0 Å². The van der Waals surface area contributed by atoms with Crippen LogP contribution in [0.25, 0.3) is 10.2 Å². The summed E-state index contributed by atoms with van der Waals surface area (Å²) in [6.07, 6.45) is 2.90. The van der Waals surface area contributed by atoms with Crippen molar-refractivity contribution in [2.75, 3.05) is 16.6 Å². The largest absolute Gasteiger partial charge is 0.462 e. The van der Waals surface area contributed by atoms with Gasteiger partial charge >= 0.3 is 5.97 Å². The standard InChI is InChI=1S/C20H17N5O4S2/c1-2-29-20(26)15-11-30-19-17(15)18(22-12-23-19)24-13-6-8-14(9-7-13)31(27,28)25-16-5-3-4-10-21-16/h3-12H,2H2,1H3,(H,21,25)(H,22,23,24). The normalized spacial score (nSPS) is 11.3. The lowest BCUT2D eigenvalue weighted by atomic mass is 10.2. The van der Waals surface area contributed by atoms with Gasteiger partial charge in [-0.25, -0.2) is 28.2 Å². The highest BCUT2D eigenvalue weighted by molar-refractivity contribution is 7.92. The first-order chi connectivity index (χ1) is 15.0. The lowest BCUT2D eigenvalue weighted by molar-refractivity contribution is 0.0529. The van der Waals surface area contributed by atoms with Crippen LogP contribution < -0.4 is 10.0 Å². The summed E-state index contributed by atoms with van der Waals surface area (Å²) in [6, 6.07) is 11.1. The number of fused-ring (bicyclic) bond motifs is 1. The summed E-state index contributed by atoms with van der Waals surface area (Å²) in [5, 5.41) is 5.36. The molecule has 0 saturated heterocycles. The van der Waals surface area contributed by atoms with Gasteiger partial charge in [0, 0.05) is 17.3 Å². The molecule has 0 saturated carbocycles. The van der Waals surface area contributed by atoms with Crippen molar-refractivity contribution < 1.29 is 17.9 Å². The minimum atomic E-state index is -3.78. The smallest absolute Gasteiger partial charge is 0.339 e. The second-order valence-electron chi connectivity index (χ2n) is 6.24. The number of anilines is 3. The first-order valence-corrected chi connectivity index (χ1v) is 11.5. The summed E-state index contributed by atoms with van der Waals surface area (Å²) in [7, 11) is -3.78. The molecule has 9 nitrogen and oxygen atoms in total. The van der Waals surface area contributed by atoms with Crippen molar-refractivity contribution >= 4 is 54.9 Å². The average molecular weight is 456 g/mol. The van der Waals surface area contributed by atoms with Gasteiger partial charge in [-0.1, -0.05) is 6.07 Å². The number of hydrogen-bond acceptors (Lipinski definition) is 9. The fraction of sp³-hybridized carbons (Fsp3) is 0.100. The van der Waals surface area contributed by atoms with Crippen LogP contribution in [0.3, 0.4) is 0 Å². The Kier molecular flexibility index (Phi) is 5.78. The zero-order valence-corrected chi connectivity index (χ0v) is 17.9. The summed E-state index contributed by atoms with van der Waals surface area (Å²) < 4.78 is 32.6. The average Bonchev–Trinajstić information content (AvgIpc) is 3.20. The van der Waals surface area contributed by atoms with Crippen LogP contribution in [-0.4, -0.2) is 35.9 Å². The molecule has 2 N–H and O–H groups in total. The van der Waals surface area contributed by atoms with Crippen molar-refractivity contribution in [1.82, 2.24) is 15.0 Å². The number of ether oxygens (including phenoxy) is 1. The van der Waals surface area contributed by atoms with Gasteiger partial charge in [0.15, 0.2) is 0 Å². The topological polar surface area (TPSA) is 123 Å². The Labute approximate surface area is 182 Å². The molecule has 0 unspecified atom stereocenters. The molecule has 158 valence electrons. The van der Waals surface area contributed by atoms with Crippen LogP contribution in [0.5, 0.6) is 0 Å². The van der Waals surface area contributed by atoms with Crippen molar-refractivity contribution in [1.29, 1.82) is 0 Å². The number of sulfonamides is 1. The Morgan fingerprint density at radius 2 is 1.90 bits per heavy atom. The summed E-state index contributed by atoms with van der Waals surface area (Å²) in [6.45, 7) is 2.00. The number of thiophene rings is 1. The number of nitrogens with one attached hydrogen (secondary N) is 2. The Bertz CT molecular complexity index is 1320. The molecule has 0 spiro atoms. The van der Waals surface area contributed by atoms with Crippen molar-refractivity contribution in [3.05, 3.63) is 65.9 Å². The van der Waals surface area contributed by atoms with Crippen LogP contribution >= 0.6 is 11.3 Å². The van der Waals surface area contributed by atoms with Gasteiger partial charge in [-0.3, -0.25) is 4.72 Å². The minimum absolute atomic E-state index is 0.0827. The highest BCUT2D eigenvalue weighted by atomic mass is 32.2. The number of aromatic nitrogens is 3. The summed E-state index contributed by atoms with van der Waals surface area (Å²) in [5.41, 5.74) is 0.974. The minimum Gasteiger partial charge on any atom is -0.462 e. The maximum absolute atomic E-state index is 12.6. The van der Waals surface area contributed by atoms with Gasteiger partial charge in [0.2, 0.25) is 0 Å². The molecule has 0 aliphatic rings. The van der Waals surface area contributed by atoms with E-state index in [9.17, 15) is 13.2 Å². The van der Waals surface area contributed by atoms with E-state index in [0.29, 0.717) is 27.3 Å². The fourth-order valence-electron chi connectivity index (χ4n) is 2.80. The molecule has 11 heteroatoms. The van der Waals surface area contributed by atoms with E-state index in [0.717, 1.165) is 0 Å². The predicted octanol–water partition coefficient (Wildman–Crippen LogP) is 3.81. The second-order valence-corrected chi connectivity index (χ2v) is 8.78. The van der Waals surface area contributed by atoms with E-state index in [-0.39, 0.29) is 17.3 Å². The number of nitrogens with zero attached hydrogens (tertiary/aromatic N) is 3. The molecule has 4 aromatic rings. The van der Waals surface area contributed by atoms with Crippen LogP contribution in [0, 0.1) is 0 Å². The van der Waals surface area contributed by atoms with E-state index in [2.05, 4.69) is 25.0 Å². The second kappa shape index (κ2) is 8.66. The Morgan fingerprint density at radius 3 is 2.61 bits per heavy atom. The number of rotatable bonds is 7. The van der Waals surface area contributed by atoms with Crippen molar-refractivity contribution in [2.45, 2.75) is 11.8 Å². The number of hydrogen-bond donors (Lipinski definition) is 2. The van der Waals surface area contributed by atoms with Crippen molar-refractivity contribution in [3.8, 4) is 0 Å². The van der Waals surface area contributed by atoms with Gasteiger partial charge < -0.3 is 10.1 Å². The van der Waals surface area contributed by atoms with Crippen LogP contribution in [0.2, 0.25) is 0 Å². The van der Waals surface area contributed by atoms with Gasteiger partial charge in [-0.2, -0.15) is 0 Å². The van der Waals surface area contributed by atoms with Gasteiger partial charge in [0.1, 0.15) is 22.8 Å². The summed E-state index contributed by atoms with van der Waals surface area (Å²) >= 11 is 1.31. The molecule has 0 radical (unpaired) electrons. The zero-order valence-electron chi connectivity index (χ0n) is 16.3. The third-order valence-electron chi connectivity index (χ3n) is 4.20. The SMILES string of the molecule is CCOC(=O)c1csc2ncnc(Nc3ccc(S(=O)(=O)Nc4ccccn4)cc3)c12. The fourth-order valence-corrected chi connectivity index (χ4v) is 4.69. The predicted molar refractivity (Wildman–Crippen MR) is 118 cm³/mol. The number of pyridine rings is 1. The summed E-state index contributed by atoms with van der Waals surface area (Å²) in [4.78, 5) is 25.4. The van der Waals surface area contributed by atoms with Crippen molar-refractivity contribution in [2.24, 2.45) is 0 Å². The Balaban J connectivity index is 1.59. The van der Waals surface area contributed by atoms with Gasteiger partial charge in [-0.15, -0.1) is 11.3 Å². The van der Waals surface area contributed by atoms with Crippen LogP contribution in [0.15, 0.2) is 65.3 Å². The van der Waals surface area contributed by atoms with Gasteiger partial charge in [-0.05, 0) is 43.3 Å². The van der Waals surface area contributed by atoms with E-state index >= 15 is 0 Å². The molecule has 31 heavy (non-hydrogen) atoms. The molecule has 3 heterocycles. The lowest BCUT2D eigenvalue weighted by Gasteiger charge is -2.10. The molecular formula is C20H17N5O4S2. The van der Waals surface area contributed by atoms with Crippen LogP contribution in [0.4, 0.5) is 17.3 Å². The van der Waals surface area contributed by atoms with Crippen LogP contribution in [-0.2, 0) is 14.8 Å². The van der Waals surface area contributed by atoms with E-state index in [4.69, 9.17) is 4.74 Å². The van der Waals surface area contributed by atoms with E-state index < -0.39 is 16.0 Å². The molecule has 0 bridgehead atoms. The third kappa shape index (κ3) is 4.47. The molecule has 0 atom stereocenters. The number of carbonyl (C=O) groups excluding carboxylic acids is 1. The number of esters is 1. The molecule has 0 aliphatic carbocycles. The molecular weight excluding hydrogens is 438 g/mol.